The summed E-state index contributed by atoms with van der Waals surface area (Å²) in [6.07, 6.45) is 3.12. The zero-order valence-electron chi connectivity index (χ0n) is 15.3. The lowest BCUT2D eigenvalue weighted by atomic mass is 10.0. The first-order valence-corrected chi connectivity index (χ1v) is 10.3. The van der Waals surface area contributed by atoms with E-state index in [9.17, 15) is 4.79 Å². The smallest absolute Gasteiger partial charge is 0.222 e. The Balaban J connectivity index is 1.19. The van der Waals surface area contributed by atoms with Crippen LogP contribution >= 0.6 is 11.3 Å². The van der Waals surface area contributed by atoms with Gasteiger partial charge in [-0.25, -0.2) is 0 Å². The molecule has 140 valence electrons. The van der Waals surface area contributed by atoms with E-state index < -0.39 is 0 Å². The summed E-state index contributed by atoms with van der Waals surface area (Å²) in [7, 11) is 0. The number of aryl methyl sites for hydroxylation is 2. The monoisotopic (exact) mass is 382 g/mol. The third kappa shape index (κ3) is 3.07. The fraction of sp³-hybridized carbons (Fsp3) is 0.474. The molecule has 0 aromatic carbocycles. The van der Waals surface area contributed by atoms with Crippen LogP contribution in [-0.2, 0) is 11.2 Å². The first-order chi connectivity index (χ1) is 13.2. The van der Waals surface area contributed by atoms with Crippen LogP contribution in [0.3, 0.4) is 0 Å². The molecule has 5 heterocycles. The van der Waals surface area contributed by atoms with Crippen molar-refractivity contribution in [2.45, 2.75) is 19.8 Å². The molecule has 0 N–H and O–H groups in total. The first kappa shape index (κ1) is 16.7. The summed E-state index contributed by atoms with van der Waals surface area (Å²) in [5, 5.41) is 14.6. The predicted octanol–water partition coefficient (Wildman–Crippen LogP) is 2.02. The third-order valence-corrected chi connectivity index (χ3v) is 6.93. The minimum absolute atomic E-state index is 0.299. The molecule has 5 rings (SSSR count). The summed E-state index contributed by atoms with van der Waals surface area (Å²) in [6.45, 7) is 5.78. The van der Waals surface area contributed by atoms with Gasteiger partial charge in [0.25, 0.3) is 0 Å². The van der Waals surface area contributed by atoms with Crippen molar-refractivity contribution in [1.82, 2.24) is 24.7 Å². The molecule has 2 atom stereocenters. The van der Waals surface area contributed by atoms with Crippen molar-refractivity contribution in [3.8, 4) is 0 Å². The van der Waals surface area contributed by atoms with E-state index >= 15 is 0 Å². The predicted molar refractivity (Wildman–Crippen MR) is 104 cm³/mol. The van der Waals surface area contributed by atoms with E-state index in [4.69, 9.17) is 0 Å². The summed E-state index contributed by atoms with van der Waals surface area (Å²) in [4.78, 5) is 18.4. The number of amides is 1. The van der Waals surface area contributed by atoms with Crippen LogP contribution in [0.25, 0.3) is 5.65 Å². The molecule has 0 spiro atoms. The number of hydrogen-bond acceptors (Lipinski definition) is 6. The molecule has 2 unspecified atom stereocenters. The lowest BCUT2D eigenvalue weighted by Crippen LogP contribution is -2.33. The van der Waals surface area contributed by atoms with Gasteiger partial charge in [-0.15, -0.1) is 26.6 Å². The van der Waals surface area contributed by atoms with Gasteiger partial charge in [-0.05, 0) is 42.5 Å². The van der Waals surface area contributed by atoms with Gasteiger partial charge in [-0.3, -0.25) is 4.79 Å². The number of thiophene rings is 1. The zero-order chi connectivity index (χ0) is 18.4. The number of anilines is 1. The van der Waals surface area contributed by atoms with Crippen LogP contribution in [-0.4, -0.2) is 56.8 Å². The standard InChI is InChI=1S/C19H22N6OS/c1-13-6-7-27-16(13)2-5-19(26)24-10-14-8-23(9-15(14)11-24)18-4-3-17-21-20-12-25(17)22-18/h3-4,6-7,12,14-15H,2,5,8-11H2,1H3. The first-order valence-electron chi connectivity index (χ1n) is 9.40. The second-order valence-corrected chi connectivity index (χ2v) is 8.58. The van der Waals surface area contributed by atoms with E-state index in [-0.39, 0.29) is 0 Å². The number of hydrogen-bond donors (Lipinski definition) is 0. The highest BCUT2D eigenvalue weighted by Gasteiger charge is 2.41. The molecule has 2 aliphatic heterocycles. The molecule has 3 aromatic rings. The molecule has 27 heavy (non-hydrogen) atoms. The van der Waals surface area contributed by atoms with Gasteiger partial charge in [-0.1, -0.05) is 0 Å². The Morgan fingerprint density at radius 2 is 2.00 bits per heavy atom. The Morgan fingerprint density at radius 1 is 1.19 bits per heavy atom. The minimum Gasteiger partial charge on any atom is -0.354 e. The van der Waals surface area contributed by atoms with Gasteiger partial charge in [0.05, 0.1) is 0 Å². The Morgan fingerprint density at radius 3 is 2.74 bits per heavy atom. The topological polar surface area (TPSA) is 66.6 Å². The van der Waals surface area contributed by atoms with E-state index in [0.717, 1.165) is 44.1 Å². The van der Waals surface area contributed by atoms with Crippen LogP contribution in [0.15, 0.2) is 29.9 Å². The second kappa shape index (κ2) is 6.60. The van der Waals surface area contributed by atoms with Crippen molar-refractivity contribution in [1.29, 1.82) is 0 Å². The lowest BCUT2D eigenvalue weighted by molar-refractivity contribution is -0.130. The van der Waals surface area contributed by atoms with Gasteiger partial charge in [-0.2, -0.15) is 4.52 Å². The molecule has 1 amide bonds. The third-order valence-electron chi connectivity index (χ3n) is 5.84. The zero-order valence-corrected chi connectivity index (χ0v) is 16.1. The number of aromatic nitrogens is 4. The van der Waals surface area contributed by atoms with Crippen LogP contribution in [0.5, 0.6) is 0 Å². The van der Waals surface area contributed by atoms with E-state index in [1.54, 1.807) is 22.2 Å². The minimum atomic E-state index is 0.299. The van der Waals surface area contributed by atoms with Crippen molar-refractivity contribution in [3.05, 3.63) is 40.3 Å². The summed E-state index contributed by atoms with van der Waals surface area (Å²) in [6, 6.07) is 6.09. The Labute approximate surface area is 161 Å². The number of rotatable bonds is 4. The molecule has 3 aromatic heterocycles. The van der Waals surface area contributed by atoms with Crippen LogP contribution in [0.4, 0.5) is 5.82 Å². The summed E-state index contributed by atoms with van der Waals surface area (Å²) >= 11 is 1.75. The van der Waals surface area contributed by atoms with E-state index in [2.05, 4.69) is 43.5 Å². The maximum Gasteiger partial charge on any atom is 0.222 e. The molecule has 0 bridgehead atoms. The molecule has 8 heteroatoms. The van der Waals surface area contributed by atoms with Crippen molar-refractivity contribution in [2.75, 3.05) is 31.1 Å². The average molecular weight is 382 g/mol. The van der Waals surface area contributed by atoms with E-state index in [0.29, 0.717) is 24.2 Å². The van der Waals surface area contributed by atoms with Crippen LogP contribution in [0, 0.1) is 18.8 Å². The maximum atomic E-state index is 12.6. The summed E-state index contributed by atoms with van der Waals surface area (Å²) < 4.78 is 1.71. The van der Waals surface area contributed by atoms with Crippen molar-refractivity contribution in [3.63, 3.8) is 0 Å². The number of carbonyl (C=O) groups is 1. The SMILES string of the molecule is Cc1ccsc1CCC(=O)N1CC2CN(c3ccc4nncn4n3)CC2C1. The van der Waals surface area contributed by atoms with Crippen LogP contribution in [0.1, 0.15) is 16.9 Å². The Bertz CT molecular complexity index is 967. The molecule has 2 aliphatic rings. The van der Waals surface area contributed by atoms with Crippen molar-refractivity contribution in [2.24, 2.45) is 11.8 Å². The normalized spacial score (nSPS) is 22.0. The fourth-order valence-electron chi connectivity index (χ4n) is 4.31. The number of carbonyl (C=O) groups excluding carboxylic acids is 1. The fourth-order valence-corrected chi connectivity index (χ4v) is 5.22. The van der Waals surface area contributed by atoms with Crippen molar-refractivity contribution < 1.29 is 4.79 Å². The highest BCUT2D eigenvalue weighted by Crippen LogP contribution is 2.33. The summed E-state index contributed by atoms with van der Waals surface area (Å²) in [5.74, 6) is 2.34. The van der Waals surface area contributed by atoms with E-state index in [1.807, 2.05) is 12.1 Å². The molecule has 0 aliphatic carbocycles. The van der Waals surface area contributed by atoms with Gasteiger partial charge in [0, 0.05) is 49.3 Å². The maximum absolute atomic E-state index is 12.6. The largest absolute Gasteiger partial charge is 0.354 e. The molecular formula is C19H22N6OS. The molecule has 0 radical (unpaired) electrons. The molecule has 2 fully saturated rings. The number of fused-ring (bicyclic) bond motifs is 2. The van der Waals surface area contributed by atoms with E-state index in [1.165, 1.54) is 10.4 Å². The average Bonchev–Trinajstić information content (AvgIpc) is 3.42. The second-order valence-electron chi connectivity index (χ2n) is 7.58. The molecule has 2 saturated heterocycles. The van der Waals surface area contributed by atoms with Gasteiger partial charge in [0.15, 0.2) is 5.65 Å². The Hall–Kier alpha value is -2.48. The van der Waals surface area contributed by atoms with Gasteiger partial charge < -0.3 is 9.80 Å². The lowest BCUT2D eigenvalue weighted by Gasteiger charge is -2.22. The number of nitrogens with zero attached hydrogens (tertiary/aromatic N) is 6. The van der Waals surface area contributed by atoms with Gasteiger partial charge in [0.2, 0.25) is 5.91 Å². The Kier molecular flexibility index (Phi) is 4.07. The van der Waals surface area contributed by atoms with Gasteiger partial charge in [0.1, 0.15) is 12.1 Å². The van der Waals surface area contributed by atoms with Crippen LogP contribution in [0.2, 0.25) is 0 Å². The highest BCUT2D eigenvalue weighted by atomic mass is 32.1. The number of likely N-dealkylation sites (tertiary alicyclic amines) is 1. The van der Waals surface area contributed by atoms with Crippen molar-refractivity contribution >= 4 is 28.7 Å². The van der Waals surface area contributed by atoms with Gasteiger partial charge >= 0.3 is 0 Å². The molecule has 0 saturated carbocycles. The summed E-state index contributed by atoms with van der Waals surface area (Å²) in [5.41, 5.74) is 2.06. The van der Waals surface area contributed by atoms with Crippen LogP contribution < -0.4 is 4.90 Å². The molecule has 7 nitrogen and oxygen atoms in total. The molecular weight excluding hydrogens is 360 g/mol. The quantitative estimate of drug-likeness (QED) is 0.691. The highest BCUT2D eigenvalue weighted by molar-refractivity contribution is 7.10.